The molecule has 140 valence electrons. The van der Waals surface area contributed by atoms with E-state index in [9.17, 15) is 9.59 Å². The molecular weight excluding hydrogens is 381 g/mol. The third-order valence-corrected chi connectivity index (χ3v) is 4.04. The summed E-state index contributed by atoms with van der Waals surface area (Å²) < 4.78 is 4.86. The van der Waals surface area contributed by atoms with Crippen molar-refractivity contribution >= 4 is 52.8 Å². The zero-order valence-electron chi connectivity index (χ0n) is 14.5. The molecule has 1 aromatic rings. The van der Waals surface area contributed by atoms with Gasteiger partial charge in [-0.15, -0.1) is 0 Å². The van der Waals surface area contributed by atoms with Crippen molar-refractivity contribution in [1.29, 1.82) is 0 Å². The van der Waals surface area contributed by atoms with E-state index in [4.69, 9.17) is 27.9 Å². The summed E-state index contributed by atoms with van der Waals surface area (Å²) in [5.74, 6) is 0.0489. The Kier molecular flexibility index (Phi) is 6.82. The van der Waals surface area contributed by atoms with Gasteiger partial charge in [-0.25, -0.2) is 9.79 Å². The lowest BCUT2D eigenvalue weighted by atomic mass is 10.3. The summed E-state index contributed by atoms with van der Waals surface area (Å²) in [4.78, 5) is 33.8. The number of guanidine groups is 2. The maximum absolute atomic E-state index is 11.8. The normalized spacial score (nSPS) is 16.2. The summed E-state index contributed by atoms with van der Waals surface area (Å²) in [6, 6.07) is 4.76. The molecule has 2 N–H and O–H groups in total. The van der Waals surface area contributed by atoms with Crippen LogP contribution >= 0.6 is 23.2 Å². The Hall–Kier alpha value is -2.32. The van der Waals surface area contributed by atoms with Crippen molar-refractivity contribution in [3.05, 3.63) is 28.2 Å². The minimum atomic E-state index is -0.712. The third kappa shape index (κ3) is 5.34. The molecule has 8 nitrogen and oxygen atoms in total. The number of nitrogens with zero attached hydrogens (tertiary/aromatic N) is 3. The van der Waals surface area contributed by atoms with Gasteiger partial charge in [-0.2, -0.15) is 4.99 Å². The number of halogens is 2. The van der Waals surface area contributed by atoms with Gasteiger partial charge < -0.3 is 9.64 Å². The van der Waals surface area contributed by atoms with Gasteiger partial charge in [-0.05, 0) is 39.0 Å². The van der Waals surface area contributed by atoms with Crippen LogP contribution in [0.4, 0.5) is 10.5 Å². The number of ether oxygens (including phenoxy) is 1. The molecular formula is C16H19Cl2N5O3. The zero-order valence-corrected chi connectivity index (χ0v) is 16.1. The minimum Gasteiger partial charge on any atom is -0.450 e. The van der Waals surface area contributed by atoms with Gasteiger partial charge in [0, 0.05) is 6.04 Å². The van der Waals surface area contributed by atoms with Crippen LogP contribution in [0, 0.1) is 0 Å². The number of alkyl carbamates (subject to hydrolysis) is 1. The molecule has 0 atom stereocenters. The van der Waals surface area contributed by atoms with Crippen LogP contribution in [0.5, 0.6) is 0 Å². The quantitative estimate of drug-likeness (QED) is 0.603. The molecule has 0 aromatic heterocycles. The Balaban J connectivity index is 2.38. The highest BCUT2D eigenvalue weighted by Crippen LogP contribution is 2.26. The number of hydrogen-bond acceptors (Lipinski definition) is 4. The molecule has 0 radical (unpaired) electrons. The van der Waals surface area contributed by atoms with Gasteiger partial charge in [0.15, 0.2) is 0 Å². The Bertz CT molecular complexity index is 764. The Morgan fingerprint density at radius 3 is 2.73 bits per heavy atom. The average molecular weight is 400 g/mol. The van der Waals surface area contributed by atoms with Gasteiger partial charge in [-0.1, -0.05) is 23.2 Å². The second-order valence-electron chi connectivity index (χ2n) is 5.58. The molecule has 1 heterocycles. The van der Waals surface area contributed by atoms with E-state index in [0.717, 1.165) is 0 Å². The molecule has 1 saturated heterocycles. The van der Waals surface area contributed by atoms with Crippen LogP contribution in [0.1, 0.15) is 20.8 Å². The standard InChI is InChI=1S/C16H19Cl2N5O3/c1-4-26-16(25)22-14(19-10-5-6-11(17)12(18)7-10)21-15-20-13(24)8-23(15)9(2)3/h5-7,9H,4,8H2,1-3H3,(H2,19,20,21,22,24,25). The topological polar surface area (TPSA) is 95.4 Å². The molecule has 0 spiro atoms. The molecule has 10 heteroatoms. The first-order valence-corrected chi connectivity index (χ1v) is 8.68. The van der Waals surface area contributed by atoms with Crippen LogP contribution in [-0.2, 0) is 9.53 Å². The summed E-state index contributed by atoms with van der Waals surface area (Å²) in [5, 5.41) is 5.79. The fourth-order valence-corrected chi connectivity index (χ4v) is 2.39. The summed E-state index contributed by atoms with van der Waals surface area (Å²) >= 11 is 11.9. The highest BCUT2D eigenvalue weighted by Gasteiger charge is 2.27. The fraction of sp³-hybridized carbons (Fsp3) is 0.375. The summed E-state index contributed by atoms with van der Waals surface area (Å²) in [5.41, 5.74) is 0.427. The summed E-state index contributed by atoms with van der Waals surface area (Å²) in [6.07, 6.45) is -0.712. The van der Waals surface area contributed by atoms with Gasteiger partial charge >= 0.3 is 6.09 Å². The number of amides is 2. The lowest BCUT2D eigenvalue weighted by molar-refractivity contribution is -0.118. The van der Waals surface area contributed by atoms with Crippen molar-refractivity contribution in [2.45, 2.75) is 26.8 Å². The molecule has 0 unspecified atom stereocenters. The van der Waals surface area contributed by atoms with E-state index < -0.39 is 6.09 Å². The van der Waals surface area contributed by atoms with E-state index in [-0.39, 0.29) is 31.1 Å². The SMILES string of the molecule is CCOC(=O)NC(=Nc1ccc(Cl)c(Cl)c1)/N=C1/NC(=O)CN1C(C)C. The van der Waals surface area contributed by atoms with E-state index >= 15 is 0 Å². The first-order chi connectivity index (χ1) is 12.3. The van der Waals surface area contributed by atoms with E-state index in [1.807, 2.05) is 13.8 Å². The number of hydrogen-bond donors (Lipinski definition) is 2. The first kappa shape index (κ1) is 20.0. The number of benzene rings is 1. The van der Waals surface area contributed by atoms with E-state index in [0.29, 0.717) is 21.7 Å². The van der Waals surface area contributed by atoms with Crippen molar-refractivity contribution in [2.24, 2.45) is 9.98 Å². The van der Waals surface area contributed by atoms with Crippen LogP contribution in [0.15, 0.2) is 28.2 Å². The predicted octanol–water partition coefficient (Wildman–Crippen LogP) is 2.92. The number of nitrogens with one attached hydrogen (secondary N) is 2. The molecule has 1 aliphatic heterocycles. The maximum atomic E-state index is 11.8. The molecule has 1 fully saturated rings. The van der Waals surface area contributed by atoms with E-state index in [1.165, 1.54) is 6.07 Å². The summed E-state index contributed by atoms with van der Waals surface area (Å²) in [6.45, 7) is 5.89. The molecule has 2 rings (SSSR count). The van der Waals surface area contributed by atoms with Gasteiger partial charge in [0.2, 0.25) is 17.8 Å². The average Bonchev–Trinajstić information content (AvgIpc) is 2.92. The van der Waals surface area contributed by atoms with E-state index in [2.05, 4.69) is 20.6 Å². The number of carbonyl (C=O) groups excluding carboxylic acids is 2. The predicted molar refractivity (Wildman–Crippen MR) is 101 cm³/mol. The maximum Gasteiger partial charge on any atom is 0.414 e. The molecule has 2 amide bonds. The minimum absolute atomic E-state index is 0.0292. The van der Waals surface area contributed by atoms with E-state index in [1.54, 1.807) is 24.0 Å². The van der Waals surface area contributed by atoms with Gasteiger partial charge in [-0.3, -0.25) is 15.4 Å². The van der Waals surface area contributed by atoms with Crippen LogP contribution in [0.3, 0.4) is 0 Å². The Morgan fingerprint density at radius 2 is 2.12 bits per heavy atom. The lowest BCUT2D eigenvalue weighted by Crippen LogP contribution is -2.38. The summed E-state index contributed by atoms with van der Waals surface area (Å²) in [7, 11) is 0. The Morgan fingerprint density at radius 1 is 1.38 bits per heavy atom. The second kappa shape index (κ2) is 8.86. The number of carbonyl (C=O) groups is 2. The van der Waals surface area contributed by atoms with Crippen molar-refractivity contribution in [1.82, 2.24) is 15.5 Å². The second-order valence-corrected chi connectivity index (χ2v) is 6.40. The lowest BCUT2D eigenvalue weighted by Gasteiger charge is -2.20. The van der Waals surface area contributed by atoms with Crippen molar-refractivity contribution in [3.63, 3.8) is 0 Å². The third-order valence-electron chi connectivity index (χ3n) is 3.30. The first-order valence-electron chi connectivity index (χ1n) is 7.92. The van der Waals surface area contributed by atoms with Crippen LogP contribution in [0.25, 0.3) is 0 Å². The van der Waals surface area contributed by atoms with Gasteiger partial charge in [0.05, 0.1) is 22.3 Å². The number of rotatable bonds is 3. The van der Waals surface area contributed by atoms with Gasteiger partial charge in [0.1, 0.15) is 6.54 Å². The van der Waals surface area contributed by atoms with Crippen molar-refractivity contribution < 1.29 is 14.3 Å². The smallest absolute Gasteiger partial charge is 0.414 e. The van der Waals surface area contributed by atoms with Crippen molar-refractivity contribution in [2.75, 3.05) is 13.2 Å². The van der Waals surface area contributed by atoms with Crippen LogP contribution in [-0.4, -0.2) is 48.0 Å². The van der Waals surface area contributed by atoms with Crippen LogP contribution in [0.2, 0.25) is 10.0 Å². The fourth-order valence-electron chi connectivity index (χ4n) is 2.10. The molecule has 0 bridgehead atoms. The molecule has 1 aliphatic rings. The molecule has 1 aromatic carbocycles. The highest BCUT2D eigenvalue weighted by atomic mass is 35.5. The highest BCUT2D eigenvalue weighted by molar-refractivity contribution is 6.42. The largest absolute Gasteiger partial charge is 0.450 e. The van der Waals surface area contributed by atoms with Crippen molar-refractivity contribution in [3.8, 4) is 0 Å². The molecule has 0 saturated carbocycles. The van der Waals surface area contributed by atoms with Gasteiger partial charge in [0.25, 0.3) is 0 Å². The zero-order chi connectivity index (χ0) is 19.3. The monoisotopic (exact) mass is 399 g/mol. The number of aliphatic imine (C=N–C) groups is 2. The molecule has 26 heavy (non-hydrogen) atoms. The molecule has 0 aliphatic carbocycles. The van der Waals surface area contributed by atoms with Crippen LogP contribution < -0.4 is 10.6 Å². The Labute approximate surface area is 161 Å².